The van der Waals surface area contributed by atoms with Crippen molar-refractivity contribution in [2.75, 3.05) is 13.7 Å². The summed E-state index contributed by atoms with van der Waals surface area (Å²) in [5.74, 6) is -0.282. The van der Waals surface area contributed by atoms with E-state index in [0.717, 1.165) is 11.3 Å². The lowest BCUT2D eigenvalue weighted by Gasteiger charge is -2.21. The third-order valence-corrected chi connectivity index (χ3v) is 2.72. The molecule has 0 radical (unpaired) electrons. The smallest absolute Gasteiger partial charge is 0.327 e. The molecule has 18 heavy (non-hydrogen) atoms. The van der Waals surface area contributed by atoms with E-state index in [0.29, 0.717) is 6.54 Å². The molecule has 1 heterocycles. The minimum atomic E-state index is -0.456. The van der Waals surface area contributed by atoms with Crippen molar-refractivity contribution in [2.24, 2.45) is 7.05 Å². The molecule has 1 unspecified atom stereocenters. The molecule has 102 valence electrons. The van der Waals surface area contributed by atoms with Gasteiger partial charge in [-0.1, -0.05) is 27.7 Å². The maximum atomic E-state index is 11.9. The number of hydrogen-bond donors (Lipinski definition) is 1. The van der Waals surface area contributed by atoms with Gasteiger partial charge in [0.2, 0.25) is 0 Å². The van der Waals surface area contributed by atoms with E-state index in [2.05, 4.69) is 31.2 Å². The molecule has 0 aliphatic heterocycles. The minimum absolute atomic E-state index is 0.113. The highest BCUT2D eigenvalue weighted by atomic mass is 16.5. The Bertz CT molecular complexity index is 418. The summed E-state index contributed by atoms with van der Waals surface area (Å²) in [5, 5.41) is 7.62. The van der Waals surface area contributed by atoms with Crippen LogP contribution < -0.4 is 5.32 Å². The van der Waals surface area contributed by atoms with Crippen LogP contribution in [0.15, 0.2) is 6.20 Å². The SMILES string of the molecule is CCNC(C(=O)OC)c1cn(C)nc1C(C)(C)C. The Hall–Kier alpha value is -1.36. The number of ether oxygens (including phenoxy) is 1. The first kappa shape index (κ1) is 14.7. The van der Waals surface area contributed by atoms with Gasteiger partial charge in [0, 0.05) is 24.2 Å². The van der Waals surface area contributed by atoms with E-state index >= 15 is 0 Å². The molecule has 5 nitrogen and oxygen atoms in total. The van der Waals surface area contributed by atoms with Gasteiger partial charge in [-0.25, -0.2) is 4.79 Å². The van der Waals surface area contributed by atoms with Gasteiger partial charge in [0.05, 0.1) is 12.8 Å². The number of aryl methyl sites for hydroxylation is 1. The second-order valence-electron chi connectivity index (χ2n) is 5.37. The molecule has 1 aromatic heterocycles. The third kappa shape index (κ3) is 3.10. The summed E-state index contributed by atoms with van der Waals surface area (Å²) >= 11 is 0. The Kier molecular flexibility index (Phi) is 4.51. The highest BCUT2D eigenvalue weighted by molar-refractivity contribution is 5.78. The van der Waals surface area contributed by atoms with E-state index < -0.39 is 6.04 Å². The van der Waals surface area contributed by atoms with Gasteiger partial charge in [0.15, 0.2) is 0 Å². The first-order chi connectivity index (χ1) is 8.31. The summed E-state index contributed by atoms with van der Waals surface area (Å²) in [5.41, 5.74) is 1.69. The number of rotatable bonds is 4. The largest absolute Gasteiger partial charge is 0.468 e. The van der Waals surface area contributed by atoms with E-state index in [9.17, 15) is 4.79 Å². The number of nitrogens with zero attached hydrogens (tertiary/aromatic N) is 2. The van der Waals surface area contributed by atoms with Gasteiger partial charge >= 0.3 is 5.97 Å². The number of carbonyl (C=O) groups is 1. The zero-order chi connectivity index (χ0) is 13.9. The fraction of sp³-hybridized carbons (Fsp3) is 0.692. The van der Waals surface area contributed by atoms with Crippen LogP contribution in [-0.2, 0) is 22.0 Å². The van der Waals surface area contributed by atoms with Crippen LogP contribution in [-0.4, -0.2) is 29.4 Å². The topological polar surface area (TPSA) is 56.1 Å². The average Bonchev–Trinajstić information content (AvgIpc) is 2.66. The molecule has 0 aromatic carbocycles. The van der Waals surface area contributed by atoms with Crippen molar-refractivity contribution in [3.8, 4) is 0 Å². The van der Waals surface area contributed by atoms with E-state index in [1.807, 2.05) is 20.2 Å². The molecule has 0 saturated heterocycles. The van der Waals surface area contributed by atoms with Gasteiger partial charge in [0.25, 0.3) is 0 Å². The lowest BCUT2D eigenvalue weighted by Crippen LogP contribution is -2.31. The predicted octanol–water partition coefficient (Wildman–Crippen LogP) is 1.54. The minimum Gasteiger partial charge on any atom is -0.468 e. The molecule has 1 rings (SSSR count). The molecule has 0 fully saturated rings. The quantitative estimate of drug-likeness (QED) is 0.827. The van der Waals surface area contributed by atoms with Gasteiger partial charge in [-0.2, -0.15) is 5.10 Å². The average molecular weight is 253 g/mol. The summed E-state index contributed by atoms with van der Waals surface area (Å²) in [6.07, 6.45) is 1.88. The first-order valence-corrected chi connectivity index (χ1v) is 6.16. The summed E-state index contributed by atoms with van der Waals surface area (Å²) in [7, 11) is 3.26. The molecule has 0 saturated carbocycles. The zero-order valence-corrected chi connectivity index (χ0v) is 12.1. The van der Waals surface area contributed by atoms with Crippen molar-refractivity contribution in [2.45, 2.75) is 39.2 Å². The fourth-order valence-electron chi connectivity index (χ4n) is 1.94. The van der Waals surface area contributed by atoms with Gasteiger partial charge in [-0.15, -0.1) is 0 Å². The molecule has 1 atom stereocenters. The number of esters is 1. The van der Waals surface area contributed by atoms with Crippen LogP contribution in [0.1, 0.15) is 45.0 Å². The number of aromatic nitrogens is 2. The Morgan fingerprint density at radius 3 is 2.61 bits per heavy atom. The highest BCUT2D eigenvalue weighted by Crippen LogP contribution is 2.28. The molecule has 1 N–H and O–H groups in total. The fourth-order valence-corrected chi connectivity index (χ4v) is 1.94. The van der Waals surface area contributed by atoms with E-state index in [1.54, 1.807) is 4.68 Å². The van der Waals surface area contributed by atoms with Crippen molar-refractivity contribution >= 4 is 5.97 Å². The molecule has 1 aromatic rings. The zero-order valence-electron chi connectivity index (χ0n) is 12.1. The van der Waals surface area contributed by atoms with Gasteiger partial charge in [-0.3, -0.25) is 4.68 Å². The maximum Gasteiger partial charge on any atom is 0.327 e. The molecule has 0 spiro atoms. The monoisotopic (exact) mass is 253 g/mol. The van der Waals surface area contributed by atoms with E-state index in [-0.39, 0.29) is 11.4 Å². The van der Waals surface area contributed by atoms with Gasteiger partial charge in [0.1, 0.15) is 6.04 Å². The van der Waals surface area contributed by atoms with Crippen LogP contribution in [0.25, 0.3) is 0 Å². The van der Waals surface area contributed by atoms with Crippen molar-refractivity contribution in [3.63, 3.8) is 0 Å². The van der Waals surface area contributed by atoms with E-state index in [1.165, 1.54) is 7.11 Å². The van der Waals surface area contributed by atoms with Crippen LogP contribution >= 0.6 is 0 Å². The summed E-state index contributed by atoms with van der Waals surface area (Å²) in [6.45, 7) is 8.90. The number of likely N-dealkylation sites (N-methyl/N-ethyl adjacent to an activating group) is 1. The van der Waals surface area contributed by atoms with Crippen molar-refractivity contribution in [3.05, 3.63) is 17.5 Å². The van der Waals surface area contributed by atoms with Crippen LogP contribution in [0, 0.1) is 0 Å². The molecular formula is C13H23N3O2. The first-order valence-electron chi connectivity index (χ1n) is 6.16. The van der Waals surface area contributed by atoms with Crippen molar-refractivity contribution in [1.29, 1.82) is 0 Å². The number of methoxy groups -OCH3 is 1. The molecular weight excluding hydrogens is 230 g/mol. The Labute approximate surface area is 109 Å². The molecule has 0 aliphatic rings. The number of nitrogens with one attached hydrogen (secondary N) is 1. The number of hydrogen-bond acceptors (Lipinski definition) is 4. The highest BCUT2D eigenvalue weighted by Gasteiger charge is 2.30. The van der Waals surface area contributed by atoms with Crippen LogP contribution in [0.3, 0.4) is 0 Å². The Balaban J connectivity index is 3.23. The number of carbonyl (C=O) groups excluding carboxylic acids is 1. The molecule has 0 aliphatic carbocycles. The maximum absolute atomic E-state index is 11.9. The summed E-state index contributed by atoms with van der Waals surface area (Å²) < 4.78 is 6.60. The summed E-state index contributed by atoms with van der Waals surface area (Å²) in [4.78, 5) is 11.9. The van der Waals surface area contributed by atoms with Crippen molar-refractivity contribution < 1.29 is 9.53 Å². The lowest BCUT2D eigenvalue weighted by molar-refractivity contribution is -0.143. The normalized spacial score (nSPS) is 13.4. The Morgan fingerprint density at radius 2 is 2.17 bits per heavy atom. The van der Waals surface area contributed by atoms with Crippen LogP contribution in [0.2, 0.25) is 0 Å². The van der Waals surface area contributed by atoms with E-state index in [4.69, 9.17) is 4.74 Å². The summed E-state index contributed by atoms with van der Waals surface area (Å²) in [6, 6.07) is -0.456. The molecule has 0 amide bonds. The third-order valence-electron chi connectivity index (χ3n) is 2.72. The second kappa shape index (κ2) is 5.52. The Morgan fingerprint density at radius 1 is 1.56 bits per heavy atom. The second-order valence-corrected chi connectivity index (χ2v) is 5.37. The predicted molar refractivity (Wildman–Crippen MR) is 70.3 cm³/mol. The van der Waals surface area contributed by atoms with Crippen molar-refractivity contribution in [1.82, 2.24) is 15.1 Å². The van der Waals surface area contributed by atoms with Gasteiger partial charge in [-0.05, 0) is 6.54 Å². The van der Waals surface area contributed by atoms with Gasteiger partial charge < -0.3 is 10.1 Å². The lowest BCUT2D eigenvalue weighted by atomic mass is 9.87. The van der Waals surface area contributed by atoms with Crippen LogP contribution in [0.5, 0.6) is 0 Å². The molecule has 5 heteroatoms. The molecule has 0 bridgehead atoms. The van der Waals surface area contributed by atoms with Crippen LogP contribution in [0.4, 0.5) is 0 Å². The standard InChI is InChI=1S/C13H23N3O2/c1-7-14-10(12(17)18-6)9-8-16(5)15-11(9)13(2,3)4/h8,10,14H,7H2,1-6H3.